The Morgan fingerprint density at radius 2 is 1.18 bits per heavy atom. The normalized spacial score (nSPS) is 12.0. The molecule has 0 fully saturated rings. The topological polar surface area (TPSA) is 12.7 Å². The van der Waals surface area contributed by atoms with E-state index in [1.54, 1.807) is 0 Å². The van der Waals surface area contributed by atoms with E-state index < -0.39 is 5.41 Å². The van der Waals surface area contributed by atoms with Crippen LogP contribution in [0.3, 0.4) is 0 Å². The average molecular weight is 512 g/mol. The number of imidazole rings is 1. The quantitative estimate of drug-likeness (QED) is 0.226. The van der Waals surface area contributed by atoms with Gasteiger partial charge < -0.3 is 0 Å². The number of aryl methyl sites for hydroxylation is 6. The third kappa shape index (κ3) is 3.64. The maximum atomic E-state index is 2.49. The number of hydrogen-bond acceptors (Lipinski definition) is 0. The second kappa shape index (κ2) is 9.20. The van der Waals surface area contributed by atoms with Gasteiger partial charge in [-0.1, -0.05) is 66.7 Å². The van der Waals surface area contributed by atoms with Gasteiger partial charge in [-0.05, 0) is 86.7 Å². The Balaban J connectivity index is 1.88. The molecule has 6 rings (SSSR count). The summed E-state index contributed by atoms with van der Waals surface area (Å²) < 4.78 is 7.25. The van der Waals surface area contributed by atoms with Gasteiger partial charge in [0.15, 0.2) is 11.7 Å². The third-order valence-corrected chi connectivity index (χ3v) is 8.80. The molecule has 0 spiro atoms. The Labute approximate surface area is 231 Å². The number of benzene rings is 4. The van der Waals surface area contributed by atoms with Crippen molar-refractivity contribution in [2.45, 2.75) is 40.0 Å². The molecular formula is C36H37N3+2. The highest BCUT2D eigenvalue weighted by Crippen LogP contribution is 2.43. The molecule has 0 saturated heterocycles. The molecule has 0 aliphatic heterocycles. The number of para-hydroxylation sites is 1. The van der Waals surface area contributed by atoms with E-state index in [1.807, 2.05) is 0 Å². The molecule has 3 heteroatoms. The molecule has 2 aromatic heterocycles. The van der Waals surface area contributed by atoms with Gasteiger partial charge in [0.25, 0.3) is 11.3 Å². The summed E-state index contributed by atoms with van der Waals surface area (Å²) in [7, 11) is 4.43. The Morgan fingerprint density at radius 3 is 1.77 bits per heavy atom. The lowest BCUT2D eigenvalue weighted by Crippen LogP contribution is -2.45. The minimum absolute atomic E-state index is 0.426. The molecule has 194 valence electrons. The van der Waals surface area contributed by atoms with Crippen molar-refractivity contribution in [2.75, 3.05) is 0 Å². The molecule has 0 aliphatic rings. The van der Waals surface area contributed by atoms with Crippen molar-refractivity contribution in [3.63, 3.8) is 0 Å². The number of rotatable bonds is 4. The summed E-state index contributed by atoms with van der Waals surface area (Å²) in [5, 5.41) is 1.30. The van der Waals surface area contributed by atoms with Crippen molar-refractivity contribution in [3.05, 3.63) is 136 Å². The van der Waals surface area contributed by atoms with Gasteiger partial charge in [-0.25, -0.2) is 4.57 Å². The highest BCUT2D eigenvalue weighted by Gasteiger charge is 2.46. The summed E-state index contributed by atoms with van der Waals surface area (Å²) in [6.45, 7) is 11.3. The van der Waals surface area contributed by atoms with E-state index in [0.717, 1.165) is 5.69 Å². The molecule has 0 bridgehead atoms. The zero-order chi connectivity index (χ0) is 27.5. The second-order valence-electron chi connectivity index (χ2n) is 11.2. The molecule has 3 nitrogen and oxygen atoms in total. The van der Waals surface area contributed by atoms with Gasteiger partial charge in [0.1, 0.15) is 18.2 Å². The van der Waals surface area contributed by atoms with Crippen LogP contribution in [-0.2, 0) is 19.5 Å². The van der Waals surface area contributed by atoms with E-state index in [1.165, 1.54) is 61.1 Å². The van der Waals surface area contributed by atoms with Crippen LogP contribution in [0.15, 0.2) is 97.2 Å². The molecule has 0 N–H and O–H groups in total. The predicted octanol–water partition coefficient (Wildman–Crippen LogP) is 7.02. The standard InChI is InChI=1S/C36H37N3/c1-24-15-11-13-19-30(24)36(5,31-20-14-12-16-25(31)2)35-38(7)34-32(39(35)28-17-9-8-10-18-28)22-21-29-27(4)26(3)23-37(6)33(29)34/h8-23H,1-7H3/q+2. The fourth-order valence-electron chi connectivity index (χ4n) is 6.83. The zero-order valence-corrected chi connectivity index (χ0v) is 24.1. The molecule has 0 unspecified atom stereocenters. The molecule has 0 atom stereocenters. The monoisotopic (exact) mass is 511 g/mol. The van der Waals surface area contributed by atoms with Crippen LogP contribution in [0.4, 0.5) is 0 Å². The summed E-state index contributed by atoms with van der Waals surface area (Å²) in [5.41, 5.74) is 12.3. The number of hydrogen-bond donors (Lipinski definition) is 0. The number of nitrogens with zero attached hydrogens (tertiary/aromatic N) is 3. The predicted molar refractivity (Wildman–Crippen MR) is 161 cm³/mol. The van der Waals surface area contributed by atoms with Gasteiger partial charge in [-0.2, -0.15) is 9.13 Å². The Bertz CT molecular complexity index is 1830. The van der Waals surface area contributed by atoms with Gasteiger partial charge >= 0.3 is 0 Å². The molecule has 39 heavy (non-hydrogen) atoms. The maximum Gasteiger partial charge on any atom is 0.277 e. The smallest absolute Gasteiger partial charge is 0.223 e. The minimum Gasteiger partial charge on any atom is -0.223 e. The first kappa shape index (κ1) is 25.1. The van der Waals surface area contributed by atoms with E-state index in [2.05, 4.69) is 160 Å². The highest BCUT2D eigenvalue weighted by atomic mass is 15.2. The maximum absolute atomic E-state index is 2.49. The van der Waals surface area contributed by atoms with Crippen molar-refractivity contribution >= 4 is 21.9 Å². The lowest BCUT2D eigenvalue weighted by atomic mass is 9.72. The van der Waals surface area contributed by atoms with E-state index in [0.29, 0.717) is 0 Å². The fourth-order valence-corrected chi connectivity index (χ4v) is 6.83. The third-order valence-electron chi connectivity index (χ3n) is 8.80. The first-order chi connectivity index (χ1) is 18.7. The Morgan fingerprint density at radius 1 is 0.615 bits per heavy atom. The van der Waals surface area contributed by atoms with E-state index in [-0.39, 0.29) is 0 Å². The van der Waals surface area contributed by atoms with Crippen molar-refractivity contribution < 1.29 is 9.13 Å². The summed E-state index contributed by atoms with van der Waals surface area (Å²) in [6, 6.07) is 33.2. The van der Waals surface area contributed by atoms with Gasteiger partial charge in [0, 0.05) is 5.56 Å². The van der Waals surface area contributed by atoms with Crippen LogP contribution in [0.25, 0.3) is 27.6 Å². The van der Waals surface area contributed by atoms with Crippen molar-refractivity contribution in [2.24, 2.45) is 14.1 Å². The number of aromatic nitrogens is 3. The summed E-state index contributed by atoms with van der Waals surface area (Å²) in [5.74, 6) is 1.23. The highest BCUT2D eigenvalue weighted by molar-refractivity contribution is 6.00. The first-order valence-corrected chi connectivity index (χ1v) is 13.8. The number of pyridine rings is 1. The molecule has 6 aromatic rings. The van der Waals surface area contributed by atoms with Crippen LogP contribution >= 0.6 is 0 Å². The van der Waals surface area contributed by atoms with Crippen LogP contribution in [0.5, 0.6) is 0 Å². The molecule has 0 radical (unpaired) electrons. The van der Waals surface area contributed by atoms with E-state index in [4.69, 9.17) is 0 Å². The molecule has 0 aliphatic carbocycles. The van der Waals surface area contributed by atoms with E-state index in [9.17, 15) is 0 Å². The summed E-state index contributed by atoms with van der Waals surface area (Å²) >= 11 is 0. The zero-order valence-electron chi connectivity index (χ0n) is 24.1. The van der Waals surface area contributed by atoms with Crippen molar-refractivity contribution in [1.29, 1.82) is 0 Å². The van der Waals surface area contributed by atoms with Crippen molar-refractivity contribution in [3.8, 4) is 5.69 Å². The molecular weight excluding hydrogens is 474 g/mol. The lowest BCUT2D eigenvalue weighted by molar-refractivity contribution is -0.670. The second-order valence-corrected chi connectivity index (χ2v) is 11.2. The molecule has 4 aromatic carbocycles. The Hall–Kier alpha value is -4.24. The fraction of sp³-hybridized carbons (Fsp3) is 0.222. The summed E-state index contributed by atoms with van der Waals surface area (Å²) in [4.78, 5) is 0. The van der Waals surface area contributed by atoms with E-state index >= 15 is 0 Å². The minimum atomic E-state index is -0.426. The molecule has 2 heterocycles. The number of fused-ring (bicyclic) bond motifs is 3. The van der Waals surface area contributed by atoms with Gasteiger partial charge in [0.05, 0.1) is 12.4 Å². The molecule has 0 saturated carbocycles. The van der Waals surface area contributed by atoms with Crippen LogP contribution in [0, 0.1) is 27.7 Å². The first-order valence-electron chi connectivity index (χ1n) is 13.8. The summed E-state index contributed by atoms with van der Waals surface area (Å²) in [6.07, 6.45) is 2.26. The van der Waals surface area contributed by atoms with Crippen LogP contribution < -0.4 is 9.13 Å². The largest absolute Gasteiger partial charge is 0.277 e. The SMILES string of the molecule is Cc1ccccc1C(C)(c1ccccc1C)c1n(-c2ccccc2)c2ccc3c(C)c(C)c[n+](C)c3c2[n+]1C. The van der Waals surface area contributed by atoms with Crippen LogP contribution in [0.2, 0.25) is 0 Å². The van der Waals surface area contributed by atoms with Gasteiger partial charge in [-0.15, -0.1) is 0 Å². The molecule has 0 amide bonds. The Kier molecular flexibility index (Phi) is 5.91. The van der Waals surface area contributed by atoms with Crippen LogP contribution in [0.1, 0.15) is 46.1 Å². The van der Waals surface area contributed by atoms with Gasteiger partial charge in [0.2, 0.25) is 5.52 Å². The average Bonchev–Trinajstić information content (AvgIpc) is 3.24. The van der Waals surface area contributed by atoms with Crippen LogP contribution in [-0.4, -0.2) is 4.57 Å². The van der Waals surface area contributed by atoms with Gasteiger partial charge in [-0.3, -0.25) is 0 Å². The van der Waals surface area contributed by atoms with Crippen molar-refractivity contribution in [1.82, 2.24) is 4.57 Å². The lowest BCUT2D eigenvalue weighted by Gasteiger charge is -2.31.